The van der Waals surface area contributed by atoms with E-state index < -0.39 is 0 Å². The van der Waals surface area contributed by atoms with Crippen molar-refractivity contribution in [2.45, 2.75) is 25.4 Å². The molecule has 1 heterocycles. The normalized spacial score (nSPS) is 14.3. The summed E-state index contributed by atoms with van der Waals surface area (Å²) in [6.07, 6.45) is 2.61. The van der Waals surface area contributed by atoms with E-state index in [-0.39, 0.29) is 0 Å². The van der Waals surface area contributed by atoms with E-state index in [1.807, 2.05) is 25.2 Å². The molecule has 0 atom stereocenters. The Morgan fingerprint density at radius 2 is 2.30 bits per heavy atom. The van der Waals surface area contributed by atoms with E-state index in [1.165, 1.54) is 12.8 Å². The highest BCUT2D eigenvalue weighted by Gasteiger charge is 2.20. The zero-order chi connectivity index (χ0) is 13.9. The fraction of sp³-hybridized carbons (Fsp3) is 0.400. The molecule has 0 unspecified atom stereocenters. The van der Waals surface area contributed by atoms with Gasteiger partial charge in [0.05, 0.1) is 12.8 Å². The van der Waals surface area contributed by atoms with Gasteiger partial charge >= 0.3 is 0 Å². The number of aromatic nitrogens is 1. The second kappa shape index (κ2) is 5.81. The smallest absolute Gasteiger partial charge is 0.189 e. The average Bonchev–Trinajstić information content (AvgIpc) is 3.21. The number of nitrogens with zero attached hydrogens (tertiary/aromatic N) is 2. The lowest BCUT2D eigenvalue weighted by atomic mass is 10.3. The molecule has 0 bridgehead atoms. The quantitative estimate of drug-likeness (QED) is 0.886. The number of thiazole rings is 1. The molecule has 4 nitrogen and oxygen atoms in total. The van der Waals surface area contributed by atoms with Crippen molar-refractivity contribution in [3.8, 4) is 5.75 Å². The van der Waals surface area contributed by atoms with Gasteiger partial charge in [0, 0.05) is 36.8 Å². The number of benzene rings is 1. The highest BCUT2D eigenvalue weighted by Crippen LogP contribution is 2.29. The van der Waals surface area contributed by atoms with Crippen LogP contribution in [-0.4, -0.2) is 25.2 Å². The Balaban J connectivity index is 1.70. The summed E-state index contributed by atoms with van der Waals surface area (Å²) in [6.45, 7) is 0.868. The van der Waals surface area contributed by atoms with Crippen LogP contribution in [0.1, 0.15) is 18.5 Å². The van der Waals surface area contributed by atoms with Crippen LogP contribution >= 0.6 is 11.3 Å². The molecule has 1 fully saturated rings. The molecule has 0 spiro atoms. The predicted octanol–water partition coefficient (Wildman–Crippen LogP) is 3.17. The van der Waals surface area contributed by atoms with Gasteiger partial charge in [0.2, 0.25) is 0 Å². The molecule has 1 N–H and O–H groups in total. The summed E-state index contributed by atoms with van der Waals surface area (Å²) < 4.78 is 5.26. The molecule has 1 aromatic carbocycles. The molecule has 20 heavy (non-hydrogen) atoms. The van der Waals surface area contributed by atoms with E-state index in [1.54, 1.807) is 18.4 Å². The van der Waals surface area contributed by atoms with Crippen molar-refractivity contribution in [3.63, 3.8) is 0 Å². The maximum atomic E-state index is 5.26. The van der Waals surface area contributed by atoms with E-state index in [2.05, 4.69) is 26.6 Å². The highest BCUT2D eigenvalue weighted by molar-refractivity contribution is 7.13. The van der Waals surface area contributed by atoms with Crippen LogP contribution in [0.25, 0.3) is 0 Å². The molecule has 0 aliphatic heterocycles. The number of anilines is 2. The van der Waals surface area contributed by atoms with E-state index in [0.29, 0.717) is 0 Å². The van der Waals surface area contributed by atoms with Crippen molar-refractivity contribution < 1.29 is 4.74 Å². The monoisotopic (exact) mass is 289 g/mol. The zero-order valence-corrected chi connectivity index (χ0v) is 12.6. The van der Waals surface area contributed by atoms with E-state index in [9.17, 15) is 0 Å². The maximum Gasteiger partial charge on any atom is 0.189 e. The zero-order valence-electron chi connectivity index (χ0n) is 11.8. The summed E-state index contributed by atoms with van der Waals surface area (Å²) in [4.78, 5) is 6.77. The van der Waals surface area contributed by atoms with Gasteiger partial charge in [0.1, 0.15) is 5.75 Å². The minimum absolute atomic E-state index is 0.719. The molecule has 0 radical (unpaired) electrons. The fourth-order valence-corrected chi connectivity index (χ4v) is 2.81. The summed E-state index contributed by atoms with van der Waals surface area (Å²) in [5, 5.41) is 6.62. The van der Waals surface area contributed by atoms with Crippen molar-refractivity contribution in [3.05, 3.63) is 35.3 Å². The first-order valence-corrected chi connectivity index (χ1v) is 7.70. The second-order valence-corrected chi connectivity index (χ2v) is 5.87. The first-order chi connectivity index (χ1) is 9.76. The molecule has 1 aromatic heterocycles. The molecular weight excluding hydrogens is 270 g/mol. The topological polar surface area (TPSA) is 37.4 Å². The molecule has 1 saturated carbocycles. The van der Waals surface area contributed by atoms with Gasteiger partial charge in [-0.05, 0) is 25.0 Å². The Labute approximate surface area is 123 Å². The van der Waals surface area contributed by atoms with Crippen molar-refractivity contribution >= 4 is 22.2 Å². The van der Waals surface area contributed by atoms with Crippen molar-refractivity contribution in [1.82, 2.24) is 10.3 Å². The number of hydrogen-bond acceptors (Lipinski definition) is 5. The minimum atomic E-state index is 0.719. The van der Waals surface area contributed by atoms with Crippen molar-refractivity contribution in [1.29, 1.82) is 0 Å². The van der Waals surface area contributed by atoms with Gasteiger partial charge in [-0.2, -0.15) is 0 Å². The average molecular weight is 289 g/mol. The lowest BCUT2D eigenvalue weighted by Gasteiger charge is -2.16. The van der Waals surface area contributed by atoms with Gasteiger partial charge in [-0.25, -0.2) is 4.98 Å². The van der Waals surface area contributed by atoms with Gasteiger partial charge in [-0.1, -0.05) is 6.07 Å². The number of ether oxygens (including phenoxy) is 1. The van der Waals surface area contributed by atoms with Gasteiger partial charge < -0.3 is 15.0 Å². The summed E-state index contributed by atoms with van der Waals surface area (Å²) >= 11 is 1.67. The Bertz CT molecular complexity index is 580. The van der Waals surface area contributed by atoms with Crippen LogP contribution in [0.15, 0.2) is 29.6 Å². The molecule has 106 valence electrons. The molecule has 0 amide bonds. The highest BCUT2D eigenvalue weighted by atomic mass is 32.1. The number of hydrogen-bond donors (Lipinski definition) is 1. The Morgan fingerprint density at radius 3 is 3.05 bits per heavy atom. The molecular formula is C15H19N3OS. The van der Waals surface area contributed by atoms with Gasteiger partial charge in [0.15, 0.2) is 5.13 Å². The minimum Gasteiger partial charge on any atom is -0.497 e. The summed E-state index contributed by atoms with van der Waals surface area (Å²) in [5.74, 6) is 0.863. The van der Waals surface area contributed by atoms with Crippen molar-refractivity contribution in [2.75, 3.05) is 19.1 Å². The third kappa shape index (κ3) is 3.11. The number of rotatable bonds is 6. The van der Waals surface area contributed by atoms with Gasteiger partial charge in [0.25, 0.3) is 0 Å². The molecule has 1 aliphatic carbocycles. The molecule has 5 heteroatoms. The maximum absolute atomic E-state index is 5.26. The number of nitrogens with one attached hydrogen (secondary N) is 1. The largest absolute Gasteiger partial charge is 0.497 e. The first kappa shape index (κ1) is 13.4. The lowest BCUT2D eigenvalue weighted by Crippen LogP contribution is -2.16. The van der Waals surface area contributed by atoms with Crippen LogP contribution in [0.5, 0.6) is 5.75 Å². The van der Waals surface area contributed by atoms with Crippen LogP contribution in [-0.2, 0) is 6.54 Å². The van der Waals surface area contributed by atoms with E-state index in [4.69, 9.17) is 4.74 Å². The Hall–Kier alpha value is -1.59. The van der Waals surface area contributed by atoms with Crippen LogP contribution < -0.4 is 15.0 Å². The fourth-order valence-electron chi connectivity index (χ4n) is 2.00. The SMILES string of the molecule is COc1cccc(N(C)c2nc(CNC3CC3)cs2)c1. The third-order valence-corrected chi connectivity index (χ3v) is 4.38. The predicted molar refractivity (Wildman–Crippen MR) is 83.0 cm³/mol. The van der Waals surface area contributed by atoms with Gasteiger partial charge in [-0.15, -0.1) is 11.3 Å². The molecule has 2 aromatic rings. The summed E-state index contributed by atoms with van der Waals surface area (Å²) in [5.41, 5.74) is 2.20. The second-order valence-electron chi connectivity index (χ2n) is 5.04. The van der Waals surface area contributed by atoms with Crippen LogP contribution in [0.2, 0.25) is 0 Å². The molecule has 0 saturated heterocycles. The third-order valence-electron chi connectivity index (χ3n) is 3.42. The Morgan fingerprint density at radius 1 is 1.45 bits per heavy atom. The van der Waals surface area contributed by atoms with E-state index in [0.717, 1.165) is 34.8 Å². The summed E-state index contributed by atoms with van der Waals surface area (Å²) in [7, 11) is 3.72. The first-order valence-electron chi connectivity index (χ1n) is 6.82. The standard InChI is InChI=1S/C15H19N3OS/c1-18(13-4-3-5-14(8-13)19-2)15-17-12(10-20-15)9-16-11-6-7-11/h3-5,8,10-11,16H,6-7,9H2,1-2H3. The van der Waals surface area contributed by atoms with Crippen molar-refractivity contribution in [2.24, 2.45) is 0 Å². The van der Waals surface area contributed by atoms with Gasteiger partial charge in [-0.3, -0.25) is 0 Å². The van der Waals surface area contributed by atoms with Crippen LogP contribution in [0.4, 0.5) is 10.8 Å². The molecule has 1 aliphatic rings. The number of methoxy groups -OCH3 is 1. The summed E-state index contributed by atoms with van der Waals surface area (Å²) in [6, 6.07) is 8.74. The van der Waals surface area contributed by atoms with Crippen LogP contribution in [0, 0.1) is 0 Å². The Kier molecular flexibility index (Phi) is 3.89. The molecule has 3 rings (SSSR count). The van der Waals surface area contributed by atoms with E-state index >= 15 is 0 Å². The lowest BCUT2D eigenvalue weighted by molar-refractivity contribution is 0.415. The van der Waals surface area contributed by atoms with Crippen LogP contribution in [0.3, 0.4) is 0 Å².